The summed E-state index contributed by atoms with van der Waals surface area (Å²) in [6.45, 7) is 0.380. The molecule has 0 aliphatic carbocycles. The molecule has 2 aromatic rings. The Morgan fingerprint density at radius 1 is 1.35 bits per heavy atom. The molecule has 0 atom stereocenters. The highest BCUT2D eigenvalue weighted by Gasteiger charge is 2.29. The van der Waals surface area contributed by atoms with Gasteiger partial charge in [0.2, 0.25) is 15.9 Å². The summed E-state index contributed by atoms with van der Waals surface area (Å²) < 4.78 is 38.0. The van der Waals surface area contributed by atoms with Crippen LogP contribution in [0.4, 0.5) is 4.39 Å². The van der Waals surface area contributed by atoms with Gasteiger partial charge in [0.15, 0.2) is 0 Å². The molecule has 0 spiro atoms. The Labute approximate surface area is 132 Å². The van der Waals surface area contributed by atoms with E-state index in [0.717, 1.165) is 11.8 Å². The number of aromatic nitrogens is 2. The SMILES string of the molecule is CS(=O)(=O)N1Cc2cnn(NC(=O)Cc3ccccc3F)c2C1. The van der Waals surface area contributed by atoms with Crippen LogP contribution < -0.4 is 5.43 Å². The molecule has 0 unspecified atom stereocenters. The minimum atomic E-state index is -3.31. The number of rotatable bonds is 4. The van der Waals surface area contributed by atoms with Crippen molar-refractivity contribution in [2.24, 2.45) is 0 Å². The number of hydrogen-bond donors (Lipinski definition) is 1. The molecule has 7 nitrogen and oxygen atoms in total. The van der Waals surface area contributed by atoms with Crippen LogP contribution in [0.3, 0.4) is 0 Å². The quantitative estimate of drug-likeness (QED) is 0.885. The zero-order chi connectivity index (χ0) is 16.6. The smallest absolute Gasteiger partial charge is 0.244 e. The van der Waals surface area contributed by atoms with Crippen molar-refractivity contribution in [1.82, 2.24) is 14.2 Å². The van der Waals surface area contributed by atoms with E-state index in [-0.39, 0.29) is 25.1 Å². The molecule has 1 aromatic heterocycles. The lowest BCUT2D eigenvalue weighted by Gasteiger charge is -2.13. The fourth-order valence-corrected chi connectivity index (χ4v) is 3.15. The number of halogens is 1. The summed E-state index contributed by atoms with van der Waals surface area (Å²) in [4.78, 5) is 13.3. The summed E-state index contributed by atoms with van der Waals surface area (Å²) in [6, 6.07) is 6.03. The van der Waals surface area contributed by atoms with Gasteiger partial charge in [-0.1, -0.05) is 18.2 Å². The number of amides is 1. The maximum Gasteiger partial charge on any atom is 0.244 e. The van der Waals surface area contributed by atoms with E-state index in [1.807, 2.05) is 0 Å². The summed E-state index contributed by atoms with van der Waals surface area (Å²) in [5.41, 5.74) is 4.18. The molecule has 1 N–H and O–H groups in total. The standard InChI is InChI=1S/C14H15FN4O3S/c1-23(21,22)18-8-11-7-16-19(13(11)9-18)17-14(20)6-10-4-2-3-5-12(10)15/h2-5,7H,6,8-9H2,1H3,(H,17,20). The molecule has 0 fully saturated rings. The Kier molecular flexibility index (Phi) is 3.90. The summed E-state index contributed by atoms with van der Waals surface area (Å²) >= 11 is 0. The average Bonchev–Trinajstić information content (AvgIpc) is 3.03. The molecule has 1 aromatic carbocycles. The first-order valence-electron chi connectivity index (χ1n) is 6.89. The molecule has 0 radical (unpaired) electrons. The van der Waals surface area contributed by atoms with E-state index in [0.29, 0.717) is 5.69 Å². The van der Waals surface area contributed by atoms with Gasteiger partial charge in [-0.15, -0.1) is 0 Å². The van der Waals surface area contributed by atoms with Gasteiger partial charge in [0, 0.05) is 12.1 Å². The largest absolute Gasteiger partial charge is 0.273 e. The number of sulfonamides is 1. The molecule has 2 heterocycles. The second-order valence-corrected chi connectivity index (χ2v) is 7.34. The first kappa shape index (κ1) is 15.6. The monoisotopic (exact) mass is 338 g/mol. The fourth-order valence-electron chi connectivity index (χ4n) is 2.42. The minimum Gasteiger partial charge on any atom is -0.273 e. The Balaban J connectivity index is 1.71. The Morgan fingerprint density at radius 2 is 2.09 bits per heavy atom. The molecule has 0 bridgehead atoms. The van der Waals surface area contributed by atoms with Gasteiger partial charge in [-0.05, 0) is 11.6 Å². The second-order valence-electron chi connectivity index (χ2n) is 5.36. The van der Waals surface area contributed by atoms with Crippen LogP contribution in [0.2, 0.25) is 0 Å². The molecule has 0 saturated heterocycles. The summed E-state index contributed by atoms with van der Waals surface area (Å²) in [5.74, 6) is -0.879. The number of carbonyl (C=O) groups is 1. The molecule has 0 saturated carbocycles. The fraction of sp³-hybridized carbons (Fsp3) is 0.286. The van der Waals surface area contributed by atoms with E-state index in [1.54, 1.807) is 12.1 Å². The predicted molar refractivity (Wildman–Crippen MR) is 80.8 cm³/mol. The normalized spacial score (nSPS) is 14.7. The van der Waals surface area contributed by atoms with Crippen LogP contribution in [0, 0.1) is 5.82 Å². The lowest BCUT2D eigenvalue weighted by molar-refractivity contribution is -0.116. The topological polar surface area (TPSA) is 84.3 Å². The Morgan fingerprint density at radius 3 is 2.78 bits per heavy atom. The van der Waals surface area contributed by atoms with Gasteiger partial charge in [0.1, 0.15) is 5.82 Å². The molecule has 3 rings (SSSR count). The second kappa shape index (κ2) is 5.74. The zero-order valence-corrected chi connectivity index (χ0v) is 13.2. The molecule has 1 aliphatic heterocycles. The average molecular weight is 338 g/mol. The van der Waals surface area contributed by atoms with Crippen LogP contribution in [-0.4, -0.2) is 34.8 Å². The summed E-state index contributed by atoms with van der Waals surface area (Å²) in [7, 11) is -3.31. The number of benzene rings is 1. The van der Waals surface area contributed by atoms with Crippen molar-refractivity contribution in [1.29, 1.82) is 0 Å². The maximum atomic E-state index is 13.6. The number of hydrogen-bond acceptors (Lipinski definition) is 4. The van der Waals surface area contributed by atoms with Crippen molar-refractivity contribution < 1.29 is 17.6 Å². The van der Waals surface area contributed by atoms with Gasteiger partial charge in [-0.2, -0.15) is 14.2 Å². The Bertz CT molecular complexity index is 863. The van der Waals surface area contributed by atoms with Crippen molar-refractivity contribution in [3.8, 4) is 0 Å². The zero-order valence-electron chi connectivity index (χ0n) is 12.4. The van der Waals surface area contributed by atoms with Gasteiger partial charge in [0.25, 0.3) is 0 Å². The third-order valence-corrected chi connectivity index (χ3v) is 4.83. The summed E-state index contributed by atoms with van der Waals surface area (Å²) in [5, 5.41) is 4.03. The van der Waals surface area contributed by atoms with E-state index >= 15 is 0 Å². The number of nitrogens with one attached hydrogen (secondary N) is 1. The number of nitrogens with zero attached hydrogens (tertiary/aromatic N) is 3. The first-order chi connectivity index (χ1) is 10.8. The molecule has 1 aliphatic rings. The van der Waals surface area contributed by atoms with Gasteiger partial charge >= 0.3 is 0 Å². The van der Waals surface area contributed by atoms with Crippen molar-refractivity contribution in [2.45, 2.75) is 19.5 Å². The molecule has 9 heteroatoms. The van der Waals surface area contributed by atoms with Crippen LogP contribution in [-0.2, 0) is 34.3 Å². The van der Waals surface area contributed by atoms with E-state index < -0.39 is 21.7 Å². The first-order valence-corrected chi connectivity index (χ1v) is 8.73. The van der Waals surface area contributed by atoms with Crippen LogP contribution in [0.1, 0.15) is 16.8 Å². The lowest BCUT2D eigenvalue weighted by Crippen LogP contribution is -2.29. The van der Waals surface area contributed by atoms with Crippen molar-refractivity contribution in [2.75, 3.05) is 11.7 Å². The maximum absolute atomic E-state index is 13.6. The lowest BCUT2D eigenvalue weighted by atomic mass is 10.1. The third-order valence-electron chi connectivity index (χ3n) is 3.64. The molecular weight excluding hydrogens is 323 g/mol. The van der Waals surface area contributed by atoms with Crippen LogP contribution in [0.5, 0.6) is 0 Å². The van der Waals surface area contributed by atoms with Gasteiger partial charge in [0.05, 0.1) is 31.1 Å². The van der Waals surface area contributed by atoms with Gasteiger partial charge < -0.3 is 0 Å². The van der Waals surface area contributed by atoms with Gasteiger partial charge in [-0.25, -0.2) is 18.2 Å². The number of carbonyl (C=O) groups excluding carboxylic acids is 1. The number of fused-ring (bicyclic) bond motifs is 1. The highest BCUT2D eigenvalue weighted by Crippen LogP contribution is 2.23. The van der Waals surface area contributed by atoms with E-state index in [2.05, 4.69) is 10.5 Å². The molecular formula is C14H15FN4O3S. The Hall–Kier alpha value is -2.26. The van der Waals surface area contributed by atoms with Crippen molar-refractivity contribution in [3.63, 3.8) is 0 Å². The minimum absolute atomic E-state index is 0.128. The van der Waals surface area contributed by atoms with Crippen molar-refractivity contribution in [3.05, 3.63) is 53.1 Å². The van der Waals surface area contributed by atoms with Crippen LogP contribution in [0.25, 0.3) is 0 Å². The van der Waals surface area contributed by atoms with E-state index in [9.17, 15) is 17.6 Å². The molecule has 23 heavy (non-hydrogen) atoms. The highest BCUT2D eigenvalue weighted by molar-refractivity contribution is 7.88. The summed E-state index contributed by atoms with van der Waals surface area (Å²) in [6.07, 6.45) is 2.52. The third kappa shape index (κ3) is 3.25. The molecule has 122 valence electrons. The molecule has 1 amide bonds. The van der Waals surface area contributed by atoms with E-state index in [4.69, 9.17) is 0 Å². The van der Waals surface area contributed by atoms with E-state index in [1.165, 1.54) is 27.4 Å². The highest BCUT2D eigenvalue weighted by atomic mass is 32.2. The van der Waals surface area contributed by atoms with Crippen molar-refractivity contribution >= 4 is 15.9 Å². The van der Waals surface area contributed by atoms with Crippen LogP contribution >= 0.6 is 0 Å². The van der Waals surface area contributed by atoms with Gasteiger partial charge in [-0.3, -0.25) is 4.79 Å². The van der Waals surface area contributed by atoms with Crippen LogP contribution in [0.15, 0.2) is 30.5 Å². The predicted octanol–water partition coefficient (Wildman–Crippen LogP) is 0.610.